The molecule has 5 rings (SSSR count). The summed E-state index contributed by atoms with van der Waals surface area (Å²) in [5.74, 6) is 0.279. The van der Waals surface area contributed by atoms with Crippen molar-refractivity contribution in [3.8, 4) is 6.07 Å². The topological polar surface area (TPSA) is 112 Å². The summed E-state index contributed by atoms with van der Waals surface area (Å²) in [7, 11) is 0. The van der Waals surface area contributed by atoms with Gasteiger partial charge in [-0.05, 0) is 48.4 Å². The number of nitrogens with one attached hydrogen (secondary N) is 1. The highest BCUT2D eigenvalue weighted by molar-refractivity contribution is 6.30. The van der Waals surface area contributed by atoms with E-state index in [0.717, 1.165) is 5.56 Å². The number of carbonyl (C=O) groups excluding carboxylic acids is 2. The predicted octanol–water partition coefficient (Wildman–Crippen LogP) is 2.11. The molecule has 3 heterocycles. The van der Waals surface area contributed by atoms with Crippen molar-refractivity contribution in [3.05, 3.63) is 87.9 Å². The van der Waals surface area contributed by atoms with Crippen molar-refractivity contribution in [2.24, 2.45) is 0 Å². The van der Waals surface area contributed by atoms with E-state index in [1.807, 2.05) is 22.2 Å². The first-order valence-electron chi connectivity index (χ1n) is 11.4. The molecule has 2 amide bonds. The summed E-state index contributed by atoms with van der Waals surface area (Å²) in [6.07, 6.45) is 1.92. The standard InChI is InChI=1S/C26H21ClN6O3/c27-20-4-1-18(2-5-20)15-33-24(34)16-32(22-8-6-21(30-36)7-9-22)25(35)26(33)11-12-31(17-26)23-10-3-19(13-28)14-29-23/h1-10,14H,11-12,15-17H2/p+1. The van der Waals surface area contributed by atoms with Crippen molar-refractivity contribution in [2.75, 3.05) is 29.4 Å². The van der Waals surface area contributed by atoms with Crippen molar-refractivity contribution in [2.45, 2.75) is 18.5 Å². The summed E-state index contributed by atoms with van der Waals surface area (Å²) in [5.41, 5.74) is 1.12. The molecule has 2 aliphatic heterocycles. The molecule has 0 bridgehead atoms. The zero-order chi connectivity index (χ0) is 25.3. The first-order chi connectivity index (χ1) is 17.4. The zero-order valence-corrected chi connectivity index (χ0v) is 20.0. The van der Waals surface area contributed by atoms with Crippen LogP contribution in [0.5, 0.6) is 0 Å². The number of nitrogens with zero attached hydrogens (tertiary/aromatic N) is 5. The fourth-order valence-corrected chi connectivity index (χ4v) is 4.98. The van der Waals surface area contributed by atoms with E-state index in [2.05, 4.69) is 11.1 Å². The van der Waals surface area contributed by atoms with Crippen LogP contribution in [0.15, 0.2) is 66.9 Å². The number of aromatic nitrogens is 1. The number of anilines is 2. The maximum absolute atomic E-state index is 14.1. The van der Waals surface area contributed by atoms with Crippen molar-refractivity contribution < 1.29 is 14.8 Å². The Morgan fingerprint density at radius 3 is 2.44 bits per heavy atom. The second kappa shape index (κ2) is 9.40. The minimum Gasteiger partial charge on any atom is -0.354 e. The molecule has 1 N–H and O–H groups in total. The van der Waals surface area contributed by atoms with E-state index < -0.39 is 5.54 Å². The molecule has 0 radical (unpaired) electrons. The fourth-order valence-electron chi connectivity index (χ4n) is 4.85. The highest BCUT2D eigenvalue weighted by Gasteiger charge is 2.56. The van der Waals surface area contributed by atoms with Gasteiger partial charge >= 0.3 is 0 Å². The van der Waals surface area contributed by atoms with Gasteiger partial charge in [0.15, 0.2) is 0 Å². The van der Waals surface area contributed by atoms with Crippen LogP contribution in [0.2, 0.25) is 5.02 Å². The second-order valence-electron chi connectivity index (χ2n) is 8.87. The molecule has 3 aromatic rings. The van der Waals surface area contributed by atoms with E-state index in [4.69, 9.17) is 16.9 Å². The van der Waals surface area contributed by atoms with Crippen LogP contribution in [0.3, 0.4) is 0 Å². The number of hydrogen-bond acceptors (Lipinski definition) is 6. The van der Waals surface area contributed by atoms with Gasteiger partial charge in [0.25, 0.3) is 11.6 Å². The average Bonchev–Trinajstić information content (AvgIpc) is 3.36. The van der Waals surface area contributed by atoms with E-state index in [1.165, 1.54) is 11.1 Å². The van der Waals surface area contributed by atoms with Crippen LogP contribution in [0.4, 0.5) is 17.2 Å². The van der Waals surface area contributed by atoms with Gasteiger partial charge in [0.1, 0.15) is 24.0 Å². The summed E-state index contributed by atoms with van der Waals surface area (Å²) < 4.78 is 0. The Kier molecular flexibility index (Phi) is 6.12. The van der Waals surface area contributed by atoms with Crippen molar-refractivity contribution in [1.29, 1.82) is 5.26 Å². The largest absolute Gasteiger partial charge is 0.354 e. The summed E-state index contributed by atoms with van der Waals surface area (Å²) >= 11 is 6.04. The first-order valence-corrected chi connectivity index (χ1v) is 11.8. The van der Waals surface area contributed by atoms with Crippen molar-refractivity contribution in [1.82, 2.24) is 9.88 Å². The third kappa shape index (κ3) is 4.16. The number of carbonyl (C=O) groups is 2. The van der Waals surface area contributed by atoms with E-state index in [9.17, 15) is 14.5 Å². The average molecular weight is 502 g/mol. The van der Waals surface area contributed by atoms with Gasteiger partial charge < -0.3 is 14.7 Å². The van der Waals surface area contributed by atoms with Gasteiger partial charge in [0.2, 0.25) is 5.91 Å². The molecule has 9 nitrogen and oxygen atoms in total. The van der Waals surface area contributed by atoms with E-state index in [0.29, 0.717) is 40.7 Å². The lowest BCUT2D eigenvalue weighted by molar-refractivity contribution is -0.379. The molecule has 1 atom stereocenters. The molecule has 10 heteroatoms. The smallest absolute Gasteiger partial charge is 0.255 e. The molecule has 180 valence electrons. The van der Waals surface area contributed by atoms with Crippen LogP contribution in [0.25, 0.3) is 0 Å². The lowest BCUT2D eigenvalue weighted by Crippen LogP contribution is -2.69. The van der Waals surface area contributed by atoms with Crippen LogP contribution < -0.4 is 15.0 Å². The minimum absolute atomic E-state index is 0.104. The Labute approximate surface area is 212 Å². The molecule has 2 aromatic carbocycles. The molecular formula is C26H22ClN6O3+. The monoisotopic (exact) mass is 501 g/mol. The van der Waals surface area contributed by atoms with Crippen LogP contribution in [-0.4, -0.2) is 46.9 Å². The highest BCUT2D eigenvalue weighted by Crippen LogP contribution is 2.38. The third-order valence-corrected chi connectivity index (χ3v) is 7.01. The molecular weight excluding hydrogens is 480 g/mol. The summed E-state index contributed by atoms with van der Waals surface area (Å²) in [5, 5.41) is 11.5. The Morgan fingerprint density at radius 2 is 1.81 bits per heavy atom. The number of benzene rings is 2. The maximum atomic E-state index is 14.1. The Hall–Kier alpha value is -4.29. The van der Waals surface area contributed by atoms with Gasteiger partial charge in [-0.2, -0.15) is 5.26 Å². The van der Waals surface area contributed by atoms with Gasteiger partial charge in [-0.1, -0.05) is 23.7 Å². The molecule has 1 unspecified atom stereocenters. The quantitative estimate of drug-likeness (QED) is 0.573. The normalized spacial score (nSPS) is 19.6. The fraction of sp³-hybridized carbons (Fsp3) is 0.231. The van der Waals surface area contributed by atoms with E-state index in [-0.39, 0.29) is 31.4 Å². The maximum Gasteiger partial charge on any atom is 0.255 e. The lowest BCUT2D eigenvalue weighted by atomic mass is 9.90. The van der Waals surface area contributed by atoms with Crippen molar-refractivity contribution in [3.63, 3.8) is 0 Å². The van der Waals surface area contributed by atoms with Crippen LogP contribution in [0.1, 0.15) is 17.5 Å². The van der Waals surface area contributed by atoms with Crippen LogP contribution in [0, 0.1) is 16.2 Å². The summed E-state index contributed by atoms with van der Waals surface area (Å²) in [6, 6.07) is 19.2. The van der Waals surface area contributed by atoms with E-state index in [1.54, 1.807) is 53.4 Å². The molecule has 36 heavy (non-hydrogen) atoms. The number of rotatable bonds is 5. The number of pyridine rings is 1. The third-order valence-electron chi connectivity index (χ3n) is 6.75. The molecule has 2 aliphatic rings. The number of hydrogen-bond donors (Lipinski definition) is 1. The Morgan fingerprint density at radius 1 is 1.06 bits per heavy atom. The zero-order valence-electron chi connectivity index (χ0n) is 19.2. The van der Waals surface area contributed by atoms with Crippen LogP contribution in [-0.2, 0) is 16.1 Å². The Balaban J connectivity index is 1.51. The van der Waals surface area contributed by atoms with Gasteiger partial charge in [-0.15, -0.1) is 0 Å². The number of piperazine rings is 1. The molecule has 2 fully saturated rings. The number of halogens is 1. The molecule has 2 saturated heterocycles. The van der Waals surface area contributed by atoms with E-state index >= 15 is 0 Å². The lowest BCUT2D eigenvalue weighted by Gasteiger charge is -2.47. The molecule has 1 aromatic heterocycles. The summed E-state index contributed by atoms with van der Waals surface area (Å²) in [4.78, 5) is 48.2. The molecule has 1 spiro atoms. The van der Waals surface area contributed by atoms with Gasteiger partial charge in [-0.25, -0.2) is 4.98 Å². The number of nitroso groups, excluding NO2 is 1. The SMILES string of the molecule is N#Cc1ccc(N2CCC3(C2)C(=O)N(c2ccc([NH+]=O)cc2)CC(=O)N3Cc2ccc(Cl)cc2)nc1. The first kappa shape index (κ1) is 23.5. The van der Waals surface area contributed by atoms with Crippen LogP contribution >= 0.6 is 11.6 Å². The van der Waals surface area contributed by atoms with Gasteiger partial charge in [0, 0.05) is 52.2 Å². The van der Waals surface area contributed by atoms with Crippen molar-refractivity contribution >= 4 is 40.6 Å². The minimum atomic E-state index is -1.11. The highest BCUT2D eigenvalue weighted by atomic mass is 35.5. The summed E-state index contributed by atoms with van der Waals surface area (Å²) in [6.45, 7) is 0.944. The van der Waals surface area contributed by atoms with Gasteiger partial charge in [0.05, 0.1) is 12.1 Å². The van der Waals surface area contributed by atoms with Gasteiger partial charge in [-0.3, -0.25) is 9.59 Å². The molecule has 0 saturated carbocycles. The number of amides is 2. The predicted molar refractivity (Wildman–Crippen MR) is 133 cm³/mol. The number of nitriles is 1. The second-order valence-corrected chi connectivity index (χ2v) is 9.30. The molecule has 0 aliphatic carbocycles. The Bertz CT molecular complexity index is 1350.